The maximum absolute atomic E-state index is 12.2. The number of aromatic nitrogens is 2. The van der Waals surface area contributed by atoms with Crippen molar-refractivity contribution in [2.24, 2.45) is 7.05 Å². The Labute approximate surface area is 153 Å². The quantitative estimate of drug-likeness (QED) is 0.549. The van der Waals surface area contributed by atoms with E-state index >= 15 is 0 Å². The minimum absolute atomic E-state index is 0.0813. The fourth-order valence-corrected chi connectivity index (χ4v) is 3.84. The van der Waals surface area contributed by atoms with Gasteiger partial charge in [-0.05, 0) is 35.7 Å². The van der Waals surface area contributed by atoms with Crippen LogP contribution in [0.4, 0.5) is 11.4 Å². The van der Waals surface area contributed by atoms with Crippen molar-refractivity contribution >= 4 is 50.6 Å². The molecule has 8 heteroatoms. The summed E-state index contributed by atoms with van der Waals surface area (Å²) in [5, 5.41) is 5.23. The van der Waals surface area contributed by atoms with Crippen molar-refractivity contribution in [1.29, 1.82) is 0 Å². The Balaban J connectivity index is 1.66. The van der Waals surface area contributed by atoms with E-state index in [9.17, 15) is 9.59 Å². The van der Waals surface area contributed by atoms with Crippen LogP contribution in [0, 0.1) is 0 Å². The van der Waals surface area contributed by atoms with E-state index in [-0.39, 0.29) is 17.2 Å². The SMILES string of the molecule is CN(C)c1ccc(NC(=O)CSc2nc3ccsc3c(=O)n2C)cc1. The van der Waals surface area contributed by atoms with Crippen LogP contribution in [-0.2, 0) is 11.8 Å². The van der Waals surface area contributed by atoms with Gasteiger partial charge in [0.1, 0.15) is 4.70 Å². The number of amides is 1. The number of carbonyl (C=O) groups is 1. The van der Waals surface area contributed by atoms with Crippen molar-refractivity contribution in [3.63, 3.8) is 0 Å². The number of rotatable bonds is 5. The Hall–Kier alpha value is -2.32. The highest BCUT2D eigenvalue weighted by atomic mass is 32.2. The summed E-state index contributed by atoms with van der Waals surface area (Å²) in [6.07, 6.45) is 0. The Morgan fingerprint density at radius 3 is 2.68 bits per heavy atom. The van der Waals surface area contributed by atoms with Gasteiger partial charge in [0, 0.05) is 32.5 Å². The summed E-state index contributed by atoms with van der Waals surface area (Å²) in [4.78, 5) is 30.9. The van der Waals surface area contributed by atoms with E-state index in [0.717, 1.165) is 11.4 Å². The first kappa shape index (κ1) is 17.5. The normalized spacial score (nSPS) is 10.8. The third kappa shape index (κ3) is 3.85. The van der Waals surface area contributed by atoms with Crippen LogP contribution in [0.3, 0.4) is 0 Å². The predicted molar refractivity (Wildman–Crippen MR) is 105 cm³/mol. The van der Waals surface area contributed by atoms with E-state index in [1.807, 2.05) is 54.7 Å². The standard InChI is InChI=1S/C17H18N4O2S2/c1-20(2)12-6-4-11(5-7-12)18-14(22)10-25-17-19-13-8-9-24-15(13)16(23)21(17)3/h4-9H,10H2,1-3H3,(H,18,22). The van der Waals surface area contributed by atoms with Crippen molar-refractivity contribution in [2.45, 2.75) is 5.16 Å². The molecule has 0 fully saturated rings. The Bertz CT molecular complexity index is 961. The second kappa shape index (κ2) is 7.28. The van der Waals surface area contributed by atoms with Crippen LogP contribution in [-0.4, -0.2) is 35.3 Å². The van der Waals surface area contributed by atoms with Gasteiger partial charge in [0.2, 0.25) is 5.91 Å². The van der Waals surface area contributed by atoms with Crippen LogP contribution in [0.1, 0.15) is 0 Å². The summed E-state index contributed by atoms with van der Waals surface area (Å²) >= 11 is 2.63. The summed E-state index contributed by atoms with van der Waals surface area (Å²) in [7, 11) is 5.60. The number of thioether (sulfide) groups is 1. The van der Waals surface area contributed by atoms with Gasteiger partial charge in [0.05, 0.1) is 11.3 Å². The average Bonchev–Trinajstić information content (AvgIpc) is 3.06. The molecule has 0 saturated heterocycles. The molecule has 130 valence electrons. The fraction of sp³-hybridized carbons (Fsp3) is 0.235. The largest absolute Gasteiger partial charge is 0.378 e. The molecule has 0 aliphatic heterocycles. The first-order valence-electron chi connectivity index (χ1n) is 7.60. The van der Waals surface area contributed by atoms with Gasteiger partial charge in [0.15, 0.2) is 5.16 Å². The molecule has 0 aliphatic carbocycles. The van der Waals surface area contributed by atoms with E-state index in [2.05, 4.69) is 10.3 Å². The molecule has 0 spiro atoms. The highest BCUT2D eigenvalue weighted by Crippen LogP contribution is 2.21. The molecule has 1 aromatic carbocycles. The minimum atomic E-state index is -0.137. The van der Waals surface area contributed by atoms with Gasteiger partial charge >= 0.3 is 0 Å². The molecule has 0 saturated carbocycles. The zero-order valence-corrected chi connectivity index (χ0v) is 15.8. The molecule has 1 amide bonds. The van der Waals surface area contributed by atoms with Gasteiger partial charge in [-0.15, -0.1) is 11.3 Å². The lowest BCUT2D eigenvalue weighted by molar-refractivity contribution is -0.113. The van der Waals surface area contributed by atoms with Crippen molar-refractivity contribution < 1.29 is 4.79 Å². The number of hydrogen-bond acceptors (Lipinski definition) is 6. The Kier molecular flexibility index (Phi) is 5.10. The van der Waals surface area contributed by atoms with E-state index in [1.54, 1.807) is 7.05 Å². The number of benzene rings is 1. The number of carbonyl (C=O) groups excluding carboxylic acids is 1. The van der Waals surface area contributed by atoms with Gasteiger partial charge in [-0.25, -0.2) is 4.98 Å². The maximum atomic E-state index is 12.2. The van der Waals surface area contributed by atoms with Crippen LogP contribution < -0.4 is 15.8 Å². The second-order valence-electron chi connectivity index (χ2n) is 5.67. The van der Waals surface area contributed by atoms with Crippen LogP contribution in [0.2, 0.25) is 0 Å². The summed E-state index contributed by atoms with van der Waals surface area (Å²) in [5.74, 6) is 0.0491. The van der Waals surface area contributed by atoms with Gasteiger partial charge in [0.25, 0.3) is 5.56 Å². The number of anilines is 2. The van der Waals surface area contributed by atoms with E-state index < -0.39 is 0 Å². The van der Waals surface area contributed by atoms with Gasteiger partial charge in [-0.3, -0.25) is 14.2 Å². The van der Waals surface area contributed by atoms with Crippen LogP contribution in [0.25, 0.3) is 10.2 Å². The van der Waals surface area contributed by atoms with Gasteiger partial charge in [-0.2, -0.15) is 0 Å². The smallest absolute Gasteiger partial charge is 0.271 e. The van der Waals surface area contributed by atoms with Crippen molar-refractivity contribution in [3.05, 3.63) is 46.1 Å². The van der Waals surface area contributed by atoms with E-state index in [1.165, 1.54) is 27.7 Å². The van der Waals surface area contributed by atoms with E-state index in [0.29, 0.717) is 15.4 Å². The van der Waals surface area contributed by atoms with Crippen molar-refractivity contribution in [3.8, 4) is 0 Å². The fourth-order valence-electron chi connectivity index (χ4n) is 2.27. The molecule has 0 aliphatic rings. The Morgan fingerprint density at radius 1 is 1.28 bits per heavy atom. The lowest BCUT2D eigenvalue weighted by Gasteiger charge is -2.13. The molecule has 0 atom stereocenters. The molecule has 0 unspecified atom stereocenters. The molecule has 6 nitrogen and oxygen atoms in total. The molecule has 25 heavy (non-hydrogen) atoms. The molecular weight excluding hydrogens is 356 g/mol. The molecule has 0 radical (unpaired) electrons. The predicted octanol–water partition coefficient (Wildman–Crippen LogP) is 2.79. The van der Waals surface area contributed by atoms with Crippen LogP contribution in [0.5, 0.6) is 0 Å². The highest BCUT2D eigenvalue weighted by molar-refractivity contribution is 7.99. The number of nitrogens with zero attached hydrogens (tertiary/aromatic N) is 3. The second-order valence-corrected chi connectivity index (χ2v) is 7.53. The van der Waals surface area contributed by atoms with Gasteiger partial charge < -0.3 is 10.2 Å². The third-order valence-corrected chi connectivity index (χ3v) is 5.57. The van der Waals surface area contributed by atoms with Crippen LogP contribution in [0.15, 0.2) is 45.7 Å². The van der Waals surface area contributed by atoms with Gasteiger partial charge in [-0.1, -0.05) is 11.8 Å². The first-order valence-corrected chi connectivity index (χ1v) is 9.46. The van der Waals surface area contributed by atoms with Crippen molar-refractivity contribution in [1.82, 2.24) is 9.55 Å². The number of nitrogens with one attached hydrogen (secondary N) is 1. The summed E-state index contributed by atoms with van der Waals surface area (Å²) in [5.41, 5.74) is 2.40. The topological polar surface area (TPSA) is 67.2 Å². The number of thiophene rings is 1. The summed E-state index contributed by atoms with van der Waals surface area (Å²) in [6, 6.07) is 9.43. The molecule has 3 rings (SSSR count). The summed E-state index contributed by atoms with van der Waals surface area (Å²) < 4.78 is 2.13. The molecule has 3 aromatic rings. The average molecular weight is 374 g/mol. The minimum Gasteiger partial charge on any atom is -0.378 e. The van der Waals surface area contributed by atoms with Crippen molar-refractivity contribution in [2.75, 3.05) is 30.1 Å². The zero-order valence-electron chi connectivity index (χ0n) is 14.1. The summed E-state index contributed by atoms with van der Waals surface area (Å²) in [6.45, 7) is 0. The van der Waals surface area contributed by atoms with E-state index in [4.69, 9.17) is 0 Å². The third-order valence-electron chi connectivity index (χ3n) is 3.65. The molecule has 1 N–H and O–H groups in total. The molecule has 2 aromatic heterocycles. The molecule has 2 heterocycles. The lowest BCUT2D eigenvalue weighted by atomic mass is 10.2. The zero-order chi connectivity index (χ0) is 18.0. The highest BCUT2D eigenvalue weighted by Gasteiger charge is 2.12. The number of hydrogen-bond donors (Lipinski definition) is 1. The number of fused-ring (bicyclic) bond motifs is 1. The lowest BCUT2D eigenvalue weighted by Crippen LogP contribution is -2.20. The first-order chi connectivity index (χ1) is 12.0. The monoisotopic (exact) mass is 374 g/mol. The maximum Gasteiger partial charge on any atom is 0.271 e. The van der Waals surface area contributed by atoms with Crippen LogP contribution >= 0.6 is 23.1 Å². The molecular formula is C17H18N4O2S2. The molecule has 0 bridgehead atoms. The Morgan fingerprint density at radius 2 is 2.00 bits per heavy atom.